The highest BCUT2D eigenvalue weighted by atomic mass is 79.9. The molecule has 2 aromatic carbocycles. The van der Waals surface area contributed by atoms with Gasteiger partial charge in [0.1, 0.15) is 5.41 Å². The third-order valence-electron chi connectivity index (χ3n) is 6.83. The van der Waals surface area contributed by atoms with Crippen LogP contribution in [0.1, 0.15) is 36.0 Å². The second-order valence-corrected chi connectivity index (χ2v) is 11.3. The normalized spacial score (nSPS) is 22.9. The van der Waals surface area contributed by atoms with Crippen molar-refractivity contribution in [2.45, 2.75) is 36.5 Å². The number of likely N-dealkylation sites (tertiary alicyclic amines) is 1. The summed E-state index contributed by atoms with van der Waals surface area (Å²) in [6.07, 6.45) is -3.70. The number of oxime groups is 1. The van der Waals surface area contributed by atoms with E-state index in [1.54, 1.807) is 23.1 Å². The fourth-order valence-corrected chi connectivity index (χ4v) is 5.94. The summed E-state index contributed by atoms with van der Waals surface area (Å²) in [7, 11) is 0. The van der Waals surface area contributed by atoms with Gasteiger partial charge in [-0.25, -0.2) is 0 Å². The summed E-state index contributed by atoms with van der Waals surface area (Å²) in [5.41, 5.74) is -2.89. The second-order valence-electron chi connectivity index (χ2n) is 9.24. The van der Waals surface area contributed by atoms with Gasteiger partial charge in [-0.1, -0.05) is 68.0 Å². The average Bonchev–Trinajstić information content (AvgIpc) is 3.54. The van der Waals surface area contributed by atoms with Crippen molar-refractivity contribution in [2.24, 2.45) is 11.1 Å². The largest absolute Gasteiger partial charge is 0.435 e. The number of halogens is 7. The van der Waals surface area contributed by atoms with E-state index in [4.69, 9.17) is 39.6 Å². The van der Waals surface area contributed by atoms with Gasteiger partial charge < -0.3 is 9.74 Å². The van der Waals surface area contributed by atoms with Gasteiger partial charge in [0.05, 0.1) is 26.8 Å². The highest BCUT2D eigenvalue weighted by molar-refractivity contribution is 9.10. The van der Waals surface area contributed by atoms with Gasteiger partial charge in [-0.05, 0) is 36.6 Å². The lowest BCUT2D eigenvalue weighted by atomic mass is 9.74. The number of rotatable bonds is 4. The van der Waals surface area contributed by atoms with E-state index in [2.05, 4.69) is 27.2 Å². The number of carbonyl (C=O) groups is 1. The molecule has 1 aliphatic carbocycles. The molecule has 0 radical (unpaired) electrons. The number of benzene rings is 2. The molecule has 0 aromatic heterocycles. The fourth-order valence-electron chi connectivity index (χ4n) is 4.58. The Bertz CT molecular complexity index is 1330. The maximum Gasteiger partial charge on any atom is 0.435 e. The zero-order valence-corrected chi connectivity index (χ0v) is 22.2. The third kappa shape index (κ3) is 4.07. The van der Waals surface area contributed by atoms with E-state index in [1.165, 1.54) is 0 Å². The van der Waals surface area contributed by atoms with Gasteiger partial charge in [0.2, 0.25) is 5.91 Å². The molecule has 1 amide bonds. The summed E-state index contributed by atoms with van der Waals surface area (Å²) >= 11 is 21.4. The highest BCUT2D eigenvalue weighted by Crippen LogP contribution is 2.51. The first-order valence-corrected chi connectivity index (χ1v) is 12.8. The average molecular weight is 622 g/mol. The van der Waals surface area contributed by atoms with Gasteiger partial charge >= 0.3 is 6.18 Å². The molecule has 5 rings (SSSR count). The number of carbonyl (C=O) groups excluding carboxylic acids is 1. The Kier molecular flexibility index (Phi) is 6.27. The van der Waals surface area contributed by atoms with E-state index >= 15 is 0 Å². The fraction of sp³-hybridized carbons (Fsp3) is 0.375. The number of hydrogen-bond acceptors (Lipinski definition) is 4. The summed E-state index contributed by atoms with van der Waals surface area (Å²) in [4.78, 5) is 19.0. The first kappa shape index (κ1) is 25.7. The zero-order valence-electron chi connectivity index (χ0n) is 18.3. The topological polar surface area (TPSA) is 65.7 Å². The molecule has 0 N–H and O–H groups in total. The summed E-state index contributed by atoms with van der Waals surface area (Å²) in [6.45, 7) is 0.548. The predicted molar refractivity (Wildman–Crippen MR) is 132 cm³/mol. The maximum atomic E-state index is 14.3. The smallest absolute Gasteiger partial charge is 0.374 e. The van der Waals surface area contributed by atoms with Gasteiger partial charge in [0.25, 0.3) is 5.60 Å². The minimum Gasteiger partial charge on any atom is -0.374 e. The van der Waals surface area contributed by atoms with Crippen molar-refractivity contribution in [3.05, 3.63) is 66.6 Å². The van der Waals surface area contributed by atoms with Crippen LogP contribution >= 0.6 is 50.7 Å². The lowest BCUT2D eigenvalue weighted by molar-refractivity contribution is -0.275. The zero-order chi connectivity index (χ0) is 26.0. The number of nitriles is 1. The lowest BCUT2D eigenvalue weighted by Crippen LogP contribution is -2.61. The molecule has 2 aromatic rings. The van der Waals surface area contributed by atoms with Crippen molar-refractivity contribution in [2.75, 3.05) is 13.1 Å². The Balaban J connectivity index is 1.42. The van der Waals surface area contributed by atoms with Crippen LogP contribution in [-0.4, -0.2) is 35.8 Å². The van der Waals surface area contributed by atoms with Crippen molar-refractivity contribution >= 4 is 62.4 Å². The molecule has 5 nitrogen and oxygen atoms in total. The quantitative estimate of drug-likeness (QED) is 0.345. The molecule has 0 spiro atoms. The Hall–Kier alpha value is -1.99. The molecule has 1 unspecified atom stereocenters. The van der Waals surface area contributed by atoms with Crippen LogP contribution in [0.3, 0.4) is 0 Å². The first-order chi connectivity index (χ1) is 16.9. The predicted octanol–water partition coefficient (Wildman–Crippen LogP) is 7.01. The number of nitrogens with zero attached hydrogens (tertiary/aromatic N) is 3. The van der Waals surface area contributed by atoms with Crippen molar-refractivity contribution in [1.82, 2.24) is 4.90 Å². The van der Waals surface area contributed by atoms with Gasteiger partial charge in [0.15, 0.2) is 0 Å². The summed E-state index contributed by atoms with van der Waals surface area (Å²) in [6, 6.07) is 9.34. The molecule has 1 atom stereocenters. The molecule has 2 fully saturated rings. The molecule has 188 valence electrons. The summed E-state index contributed by atoms with van der Waals surface area (Å²) in [5.74, 6) is 0.129. The minimum atomic E-state index is -4.84. The van der Waals surface area contributed by atoms with Crippen LogP contribution in [-0.2, 0) is 20.6 Å². The summed E-state index contributed by atoms with van der Waals surface area (Å²) in [5, 5.41) is 13.3. The maximum absolute atomic E-state index is 14.3. The first-order valence-electron chi connectivity index (χ1n) is 10.9. The van der Waals surface area contributed by atoms with Crippen LogP contribution in [0.5, 0.6) is 0 Å². The number of amides is 1. The van der Waals surface area contributed by atoms with Crippen LogP contribution in [0.15, 0.2) is 40.0 Å². The van der Waals surface area contributed by atoms with Crippen molar-refractivity contribution in [3.63, 3.8) is 0 Å². The monoisotopic (exact) mass is 619 g/mol. The van der Waals surface area contributed by atoms with Crippen LogP contribution < -0.4 is 0 Å². The highest BCUT2D eigenvalue weighted by Gasteiger charge is 2.62. The molecular weight excluding hydrogens is 606 g/mol. The van der Waals surface area contributed by atoms with Crippen molar-refractivity contribution in [1.29, 1.82) is 5.26 Å². The van der Waals surface area contributed by atoms with E-state index in [-0.39, 0.29) is 51.3 Å². The lowest BCUT2D eigenvalue weighted by Gasteiger charge is -2.46. The van der Waals surface area contributed by atoms with E-state index < -0.39 is 23.6 Å². The Morgan fingerprint density at radius 2 is 1.81 bits per heavy atom. The minimum absolute atomic E-state index is 0.0575. The van der Waals surface area contributed by atoms with Crippen LogP contribution in [0, 0.1) is 17.2 Å². The molecular formula is C24H16BrCl3F3N3O2. The Morgan fingerprint density at radius 1 is 1.17 bits per heavy atom. The van der Waals surface area contributed by atoms with Gasteiger partial charge in [-0.3, -0.25) is 4.79 Å². The second kappa shape index (κ2) is 8.80. The Labute approximate surface area is 227 Å². The molecule has 1 saturated carbocycles. The van der Waals surface area contributed by atoms with Gasteiger partial charge in [0, 0.05) is 41.0 Å². The van der Waals surface area contributed by atoms with E-state index in [0.717, 1.165) is 25.0 Å². The SMILES string of the molecule is N#CC1(c2ccc(C3=NOC(c4cc(Cl)c(Cl)c(Cl)c4)(C(F)(F)F)C3)cc2Br)CN(C(=O)C2CC2)C1. The van der Waals surface area contributed by atoms with Gasteiger partial charge in [-0.15, -0.1) is 0 Å². The number of hydrogen-bond donors (Lipinski definition) is 0. The number of alkyl halides is 3. The van der Waals surface area contributed by atoms with Crippen LogP contribution in [0.4, 0.5) is 13.2 Å². The van der Waals surface area contributed by atoms with Crippen molar-refractivity contribution < 1.29 is 22.8 Å². The van der Waals surface area contributed by atoms with Crippen molar-refractivity contribution in [3.8, 4) is 6.07 Å². The Morgan fingerprint density at radius 3 is 2.33 bits per heavy atom. The van der Waals surface area contributed by atoms with E-state index in [0.29, 0.717) is 15.6 Å². The van der Waals surface area contributed by atoms with Gasteiger partial charge in [-0.2, -0.15) is 18.4 Å². The molecule has 1 saturated heterocycles. The van der Waals surface area contributed by atoms with Crippen LogP contribution in [0.25, 0.3) is 0 Å². The molecule has 2 heterocycles. The standard InChI is InChI=1S/C24H16BrCl3F3N3O2/c25-16-5-13(3-4-15(16)22(9-32)10-34(11-22)21(35)12-1-2-12)19-8-23(36-33-19,24(29,30)31)14-6-17(26)20(28)18(27)7-14/h3-7,12H,1-2,8,10-11H2. The molecule has 2 aliphatic heterocycles. The third-order valence-corrected chi connectivity index (χ3v) is 8.68. The molecule has 12 heteroatoms. The van der Waals surface area contributed by atoms with E-state index in [1.807, 2.05) is 0 Å². The van der Waals surface area contributed by atoms with E-state index in [9.17, 15) is 23.2 Å². The molecule has 36 heavy (non-hydrogen) atoms. The molecule has 3 aliphatic rings. The molecule has 0 bridgehead atoms. The van der Waals surface area contributed by atoms with Crippen LogP contribution in [0.2, 0.25) is 15.1 Å². The summed E-state index contributed by atoms with van der Waals surface area (Å²) < 4.78 is 43.5.